The summed E-state index contributed by atoms with van der Waals surface area (Å²) in [6, 6.07) is 0. The van der Waals surface area contributed by atoms with E-state index < -0.39 is 26.4 Å². The summed E-state index contributed by atoms with van der Waals surface area (Å²) in [7, 11) is -3.46. The summed E-state index contributed by atoms with van der Waals surface area (Å²) in [5.74, 6) is -1.14. The predicted octanol–water partition coefficient (Wildman–Crippen LogP) is -0.548. The van der Waals surface area contributed by atoms with Gasteiger partial charge in [-0.05, 0) is 10.9 Å². The van der Waals surface area contributed by atoms with Crippen molar-refractivity contribution < 1.29 is 24.3 Å². The van der Waals surface area contributed by atoms with Gasteiger partial charge in [0, 0.05) is 0 Å². The normalized spacial score (nSPS) is 10.0. The van der Waals surface area contributed by atoms with Crippen LogP contribution < -0.4 is 11.5 Å². The van der Waals surface area contributed by atoms with E-state index in [0.29, 0.717) is 10.9 Å². The molecule has 0 atom stereocenters. The van der Waals surface area contributed by atoms with Gasteiger partial charge in [0.15, 0.2) is 0 Å². The van der Waals surface area contributed by atoms with Gasteiger partial charge in [-0.3, -0.25) is 14.7 Å². The monoisotopic (exact) mass is 263 g/mol. The van der Waals surface area contributed by atoms with Gasteiger partial charge in [-0.25, -0.2) is 0 Å². The molecule has 0 fully saturated rings. The summed E-state index contributed by atoms with van der Waals surface area (Å²) in [6.45, 7) is -0.439. The molecule has 0 unspecified atom stereocenters. The Balaban J connectivity index is -0.000000249. The molecule has 0 saturated carbocycles. The molecule has 0 heterocycles. The SMILES string of the molecule is C[S+](C)C.N.O=C(O)CNCP(=O)(O)O. The number of rotatable bonds is 4. The van der Waals surface area contributed by atoms with Crippen LogP contribution in [0.25, 0.3) is 0 Å². The van der Waals surface area contributed by atoms with Crippen LogP contribution in [0.5, 0.6) is 0 Å². The van der Waals surface area contributed by atoms with E-state index >= 15 is 0 Å². The summed E-state index contributed by atoms with van der Waals surface area (Å²) < 4.78 is 10.1. The van der Waals surface area contributed by atoms with Crippen LogP contribution in [0.1, 0.15) is 0 Å². The van der Waals surface area contributed by atoms with Gasteiger partial charge >= 0.3 is 13.6 Å². The van der Waals surface area contributed by atoms with Crippen LogP contribution in [0.2, 0.25) is 0 Å². The standard InChI is InChI=1S/C3H8NO5P.C3H9S.H3N/c5-3(6)1-4-2-10(7,8)9;1-4(2)3;/h4H,1-2H2,(H,5,6)(H2,7,8,9);1-3H3;1H3/q;+1;. The van der Waals surface area contributed by atoms with Crippen LogP contribution in [0.4, 0.5) is 0 Å². The van der Waals surface area contributed by atoms with E-state index in [4.69, 9.17) is 14.9 Å². The van der Waals surface area contributed by atoms with Gasteiger partial charge in [-0.15, -0.1) is 0 Å². The zero-order valence-corrected chi connectivity index (χ0v) is 10.8. The number of hydrogen-bond acceptors (Lipinski definition) is 4. The van der Waals surface area contributed by atoms with Crippen LogP contribution >= 0.6 is 7.60 Å². The van der Waals surface area contributed by atoms with Crippen molar-refractivity contribution >= 4 is 24.5 Å². The van der Waals surface area contributed by atoms with Crippen LogP contribution in [0.3, 0.4) is 0 Å². The molecule has 0 bridgehead atoms. The number of carbonyl (C=O) groups is 1. The second-order valence-corrected chi connectivity index (χ2v) is 6.96. The molecule has 15 heavy (non-hydrogen) atoms. The fraction of sp³-hybridized carbons (Fsp3) is 0.833. The first kappa shape index (κ1) is 20.3. The quantitative estimate of drug-likeness (QED) is 0.338. The summed E-state index contributed by atoms with van der Waals surface area (Å²) in [4.78, 5) is 26.1. The molecule has 94 valence electrons. The van der Waals surface area contributed by atoms with Crippen molar-refractivity contribution in [1.82, 2.24) is 11.5 Å². The van der Waals surface area contributed by atoms with E-state index in [-0.39, 0.29) is 6.15 Å². The summed E-state index contributed by atoms with van der Waals surface area (Å²) >= 11 is 0. The minimum absolute atomic E-state index is 0. The molecule has 9 heteroatoms. The molecule has 0 aromatic rings. The highest BCUT2D eigenvalue weighted by atomic mass is 32.2. The lowest BCUT2D eigenvalue weighted by Crippen LogP contribution is -2.23. The Hall–Kier alpha value is -0.110. The van der Waals surface area contributed by atoms with Crippen molar-refractivity contribution in [2.45, 2.75) is 0 Å². The largest absolute Gasteiger partial charge is 0.480 e. The molecule has 0 saturated heterocycles. The first-order valence-electron chi connectivity index (χ1n) is 3.61. The van der Waals surface area contributed by atoms with Gasteiger partial charge in [0.1, 0.15) is 0 Å². The fourth-order valence-electron chi connectivity index (χ4n) is 0.308. The Morgan fingerprint density at radius 3 is 1.87 bits per heavy atom. The molecule has 0 spiro atoms. The third kappa shape index (κ3) is 41.4. The molecule has 0 aliphatic carbocycles. The smallest absolute Gasteiger partial charge is 0.339 e. The first-order chi connectivity index (χ1) is 6.15. The van der Waals surface area contributed by atoms with E-state index in [1.165, 1.54) is 0 Å². The van der Waals surface area contributed by atoms with Gasteiger partial charge in [0.2, 0.25) is 0 Å². The van der Waals surface area contributed by atoms with Crippen molar-refractivity contribution in [3.05, 3.63) is 0 Å². The Bertz CT molecular complexity index is 205. The molecule has 0 amide bonds. The lowest BCUT2D eigenvalue weighted by atomic mass is 10.7. The Morgan fingerprint density at radius 2 is 1.67 bits per heavy atom. The molecule has 0 rings (SSSR count). The van der Waals surface area contributed by atoms with Crippen molar-refractivity contribution in [3.8, 4) is 0 Å². The molecule has 0 aliphatic rings. The van der Waals surface area contributed by atoms with E-state index in [1.807, 2.05) is 0 Å². The minimum Gasteiger partial charge on any atom is -0.480 e. The van der Waals surface area contributed by atoms with E-state index in [9.17, 15) is 9.36 Å². The topological polar surface area (TPSA) is 142 Å². The van der Waals surface area contributed by atoms with Gasteiger partial charge in [-0.2, -0.15) is 0 Å². The number of carboxylic acid groups (broad SMARTS) is 1. The van der Waals surface area contributed by atoms with Crippen LogP contribution in [0.15, 0.2) is 0 Å². The number of nitrogens with one attached hydrogen (secondary N) is 1. The van der Waals surface area contributed by atoms with Crippen LogP contribution in [0, 0.1) is 0 Å². The van der Waals surface area contributed by atoms with E-state index in [2.05, 4.69) is 24.1 Å². The highest BCUT2D eigenvalue weighted by Crippen LogP contribution is 2.31. The van der Waals surface area contributed by atoms with Gasteiger partial charge in [-0.1, -0.05) is 0 Å². The second kappa shape index (κ2) is 10.4. The zero-order valence-electron chi connectivity index (χ0n) is 9.13. The van der Waals surface area contributed by atoms with Crippen LogP contribution in [-0.4, -0.2) is 52.5 Å². The Labute approximate surface area is 92.4 Å². The Morgan fingerprint density at radius 1 is 1.33 bits per heavy atom. The predicted molar refractivity (Wildman–Crippen MR) is 62.7 cm³/mol. The maximum atomic E-state index is 10.1. The molecule has 0 aliphatic heterocycles. The van der Waals surface area contributed by atoms with Crippen molar-refractivity contribution in [2.75, 3.05) is 31.6 Å². The fourth-order valence-corrected chi connectivity index (χ4v) is 0.712. The van der Waals surface area contributed by atoms with Crippen molar-refractivity contribution in [1.29, 1.82) is 0 Å². The lowest BCUT2D eigenvalue weighted by molar-refractivity contribution is -0.135. The molecular weight excluding hydrogens is 243 g/mol. The van der Waals surface area contributed by atoms with E-state index in [1.54, 1.807) is 0 Å². The number of aliphatic carboxylic acids is 1. The summed E-state index contributed by atoms with van der Waals surface area (Å²) in [5, 5.41) is 10.1. The molecule has 7 nitrogen and oxygen atoms in total. The third-order valence-corrected chi connectivity index (χ3v) is 1.23. The maximum absolute atomic E-state index is 10.1. The molecule has 0 radical (unpaired) electrons. The highest BCUT2D eigenvalue weighted by molar-refractivity contribution is 7.94. The highest BCUT2D eigenvalue weighted by Gasteiger charge is 2.11. The number of carboxylic acids is 1. The van der Waals surface area contributed by atoms with E-state index in [0.717, 1.165) is 0 Å². The minimum atomic E-state index is -4.10. The zero-order chi connectivity index (χ0) is 11.8. The molecule has 0 aromatic carbocycles. The van der Waals surface area contributed by atoms with Crippen molar-refractivity contribution in [2.24, 2.45) is 0 Å². The lowest BCUT2D eigenvalue weighted by Gasteiger charge is -2.02. The average Bonchev–Trinajstić information content (AvgIpc) is 1.80. The maximum Gasteiger partial charge on any atom is 0.339 e. The Kier molecular flexibility index (Phi) is 14.1. The third-order valence-electron chi connectivity index (χ3n) is 0.594. The molecule has 0 aromatic heterocycles. The first-order valence-corrected chi connectivity index (χ1v) is 7.86. The average molecular weight is 263 g/mol. The summed E-state index contributed by atoms with van der Waals surface area (Å²) in [5.41, 5.74) is 0. The van der Waals surface area contributed by atoms with Crippen LogP contribution in [-0.2, 0) is 20.3 Å². The van der Waals surface area contributed by atoms with Crippen molar-refractivity contribution in [3.63, 3.8) is 0 Å². The second-order valence-electron chi connectivity index (χ2n) is 2.87. The summed E-state index contributed by atoms with van der Waals surface area (Å²) in [6.07, 6.45) is 5.99. The van der Waals surface area contributed by atoms with Gasteiger partial charge in [0.25, 0.3) is 0 Å². The van der Waals surface area contributed by atoms with Gasteiger partial charge < -0.3 is 21.0 Å². The van der Waals surface area contributed by atoms with Gasteiger partial charge in [0.05, 0.1) is 31.6 Å². The molecular formula is C6H20N2O5PS+. The number of hydrogen-bond donors (Lipinski definition) is 5. The molecule has 7 N–H and O–H groups in total.